The fraction of sp³-hybridized carbons (Fsp3) is 0.714. The Morgan fingerprint density at radius 2 is 2.54 bits per heavy atom. The minimum absolute atomic E-state index is 0. The molecule has 0 spiro atoms. The summed E-state index contributed by atoms with van der Waals surface area (Å²) in [4.78, 5) is 10.9. The van der Waals surface area contributed by atoms with E-state index in [2.05, 4.69) is 15.4 Å². The summed E-state index contributed by atoms with van der Waals surface area (Å²) in [5.74, 6) is -0.375. The Kier molecular flexibility index (Phi) is 7.85. The van der Waals surface area contributed by atoms with Crippen molar-refractivity contribution < 1.29 is 46.4 Å². The number of carbonyl (C=O) groups is 1. The van der Waals surface area contributed by atoms with Crippen LogP contribution < -0.4 is 5.32 Å². The van der Waals surface area contributed by atoms with E-state index >= 15 is 0 Å². The van der Waals surface area contributed by atoms with Gasteiger partial charge in [-0.2, -0.15) is 0 Å². The molecule has 13 heavy (non-hydrogen) atoms. The molecule has 0 aromatic carbocycles. The minimum Gasteiger partial charge on any atom is -0.660 e. The number of rotatable bonds is 3. The number of piperazine rings is 1. The number of hydrogen-bond acceptors (Lipinski definition) is 4. The Morgan fingerprint density at radius 1 is 1.77 bits per heavy atom. The Labute approximate surface area is 106 Å². The molecule has 1 fully saturated rings. The van der Waals surface area contributed by atoms with Gasteiger partial charge in [0.2, 0.25) is 0 Å². The Bertz CT molecular complexity index is 171. The zero-order valence-corrected chi connectivity index (χ0v) is 8.80. The van der Waals surface area contributed by atoms with Gasteiger partial charge in [0.1, 0.15) is 0 Å². The second-order valence-electron chi connectivity index (χ2n) is 2.59. The van der Waals surface area contributed by atoms with E-state index < -0.39 is 0 Å². The molecule has 1 heterocycles. The predicted molar refractivity (Wildman–Crippen MR) is 44.4 cm³/mol. The largest absolute Gasteiger partial charge is 0.660 e. The molecule has 1 aliphatic heterocycles. The average molecular weight is 339 g/mol. The van der Waals surface area contributed by atoms with Gasteiger partial charge in [0.25, 0.3) is 0 Å². The molecule has 1 aliphatic rings. The first kappa shape index (κ1) is 13.3. The monoisotopic (exact) mass is 339 g/mol. The average Bonchev–Trinajstić information content (AvgIpc) is 2.06. The molecule has 5 nitrogen and oxygen atoms in total. The van der Waals surface area contributed by atoms with Gasteiger partial charge in [0, 0.05) is 36.9 Å². The zero-order chi connectivity index (χ0) is 8.81. The van der Waals surface area contributed by atoms with Crippen LogP contribution in [0.4, 0.5) is 0 Å². The van der Waals surface area contributed by atoms with Gasteiger partial charge < -0.3 is 15.4 Å². The van der Waals surface area contributed by atoms with Gasteiger partial charge >= 0.3 is 5.97 Å². The van der Waals surface area contributed by atoms with Crippen LogP contribution in [0.5, 0.6) is 0 Å². The number of nitrogens with zero attached hydrogens (tertiary/aromatic N) is 1. The van der Waals surface area contributed by atoms with Crippen molar-refractivity contribution in [2.24, 2.45) is 0 Å². The van der Waals surface area contributed by atoms with E-state index in [1.54, 1.807) is 0 Å². The number of carbonyl (C=O) groups excluding carboxylic acids is 1. The maximum absolute atomic E-state index is 10.9. The van der Waals surface area contributed by atoms with Crippen molar-refractivity contribution in [3.63, 3.8) is 0 Å². The molecule has 0 aromatic rings. The molecule has 1 atom stereocenters. The van der Waals surface area contributed by atoms with Crippen molar-refractivity contribution in [3.05, 3.63) is 5.32 Å². The Morgan fingerprint density at radius 3 is 3.08 bits per heavy atom. The molecule has 2 N–H and O–H groups in total. The summed E-state index contributed by atoms with van der Waals surface area (Å²) in [6.45, 7) is 2.30. The van der Waals surface area contributed by atoms with Crippen molar-refractivity contribution in [1.82, 2.24) is 5.32 Å². The van der Waals surface area contributed by atoms with Gasteiger partial charge in [-0.25, -0.2) is 0 Å². The molecule has 1 rings (SSSR count). The number of nitrogens with one attached hydrogen (secondary N) is 2. The van der Waals surface area contributed by atoms with E-state index in [1.165, 1.54) is 0 Å². The first-order valence-electron chi connectivity index (χ1n) is 3.88. The zero-order valence-electron chi connectivity index (χ0n) is 7.02. The summed E-state index contributed by atoms with van der Waals surface area (Å²) in [7, 11) is 0. The van der Waals surface area contributed by atoms with Crippen LogP contribution in [0.25, 0.3) is 5.32 Å². The molecule has 6 heteroatoms. The molecule has 1 radical (unpaired) electrons. The molecule has 1 unspecified atom stereocenters. The smallest absolute Gasteiger partial charge is 0.313 e. The normalized spacial score (nSPS) is 21.4. The second-order valence-corrected chi connectivity index (χ2v) is 2.59. The first-order chi connectivity index (χ1) is 5.83. The first-order valence-corrected chi connectivity index (χ1v) is 3.88. The molecular weight excluding hydrogens is 327 g/mol. The minimum atomic E-state index is -0.375. The van der Waals surface area contributed by atoms with E-state index in [0.717, 1.165) is 13.1 Å². The second kappa shape index (κ2) is 7.67. The van der Waals surface area contributed by atoms with Gasteiger partial charge in [-0.05, 0) is 12.6 Å². The standard InChI is InChI=1S/C7H12N3O2.Tm/c8-5-12-7(11)3-6-4-9-1-2-10-6;/h5-6,8,10H,1-4H2;/q-1;. The van der Waals surface area contributed by atoms with Gasteiger partial charge in [-0.15, -0.1) is 13.1 Å². The topological polar surface area (TPSA) is 76.3 Å². The summed E-state index contributed by atoms with van der Waals surface area (Å²) in [6, 6.07) is 0.0891. The Hall–Kier alpha value is 0.294. The van der Waals surface area contributed by atoms with E-state index in [1.807, 2.05) is 0 Å². The van der Waals surface area contributed by atoms with Crippen molar-refractivity contribution in [3.8, 4) is 0 Å². The number of esters is 1. The maximum atomic E-state index is 10.9. The molecule has 0 aliphatic carbocycles. The predicted octanol–water partition coefficient (Wildman–Crippen LogP) is -0.128. The molecule has 0 amide bonds. The van der Waals surface area contributed by atoms with Crippen LogP contribution in [0, 0.1) is 42.3 Å². The van der Waals surface area contributed by atoms with Crippen molar-refractivity contribution >= 4 is 12.4 Å². The fourth-order valence-electron chi connectivity index (χ4n) is 1.11. The van der Waals surface area contributed by atoms with Gasteiger partial charge in [0.05, 0.1) is 6.42 Å². The number of hydrogen-bond donors (Lipinski definition) is 2. The molecule has 1 saturated heterocycles. The summed E-state index contributed by atoms with van der Waals surface area (Å²) in [5, 5.41) is 13.8. The van der Waals surface area contributed by atoms with E-state index in [-0.39, 0.29) is 48.9 Å². The summed E-state index contributed by atoms with van der Waals surface area (Å²) in [6.07, 6.45) is 0.946. The molecule has 0 bridgehead atoms. The van der Waals surface area contributed by atoms with Crippen LogP contribution in [-0.2, 0) is 9.53 Å². The Balaban J connectivity index is 0.00000144. The number of ether oxygens (including phenoxy) is 1. The van der Waals surface area contributed by atoms with Gasteiger partial charge in [0.15, 0.2) is 6.40 Å². The van der Waals surface area contributed by atoms with E-state index in [0.29, 0.717) is 19.4 Å². The molecule has 0 aromatic heterocycles. The SMILES string of the molecule is N=COC(=O)CC1C[N-]CCN1.[Tm]. The third-order valence-electron chi connectivity index (χ3n) is 1.66. The molecule has 0 saturated carbocycles. The van der Waals surface area contributed by atoms with Crippen LogP contribution in [0.2, 0.25) is 0 Å². The van der Waals surface area contributed by atoms with Crippen LogP contribution in [0.3, 0.4) is 0 Å². The summed E-state index contributed by atoms with van der Waals surface area (Å²) < 4.78 is 4.37. The maximum Gasteiger partial charge on any atom is 0.313 e. The van der Waals surface area contributed by atoms with Gasteiger partial charge in [-0.3, -0.25) is 10.2 Å². The third-order valence-corrected chi connectivity index (χ3v) is 1.66. The molecule has 81 valence electrons. The van der Waals surface area contributed by atoms with Crippen molar-refractivity contribution in [2.45, 2.75) is 12.5 Å². The fourth-order valence-corrected chi connectivity index (χ4v) is 1.11. The van der Waals surface area contributed by atoms with Crippen molar-refractivity contribution in [2.75, 3.05) is 19.6 Å². The van der Waals surface area contributed by atoms with Crippen LogP contribution in [-0.4, -0.2) is 38.0 Å². The van der Waals surface area contributed by atoms with E-state index in [4.69, 9.17) is 5.41 Å². The van der Waals surface area contributed by atoms with Crippen LogP contribution in [0.1, 0.15) is 6.42 Å². The quantitative estimate of drug-likeness (QED) is 0.427. The van der Waals surface area contributed by atoms with Gasteiger partial charge in [-0.1, -0.05) is 0 Å². The summed E-state index contributed by atoms with van der Waals surface area (Å²) in [5.41, 5.74) is 0. The van der Waals surface area contributed by atoms with Crippen LogP contribution in [0.15, 0.2) is 0 Å². The van der Waals surface area contributed by atoms with E-state index in [9.17, 15) is 4.79 Å². The van der Waals surface area contributed by atoms with Crippen LogP contribution >= 0.6 is 0 Å². The summed E-state index contributed by atoms with van der Waals surface area (Å²) >= 11 is 0. The van der Waals surface area contributed by atoms with Crippen molar-refractivity contribution in [1.29, 1.82) is 5.41 Å². The third kappa shape index (κ3) is 5.57. The molecular formula is C7H12N3O2Tm-.